The van der Waals surface area contributed by atoms with Crippen LogP contribution in [0.3, 0.4) is 0 Å². The van der Waals surface area contributed by atoms with E-state index >= 15 is 0 Å². The summed E-state index contributed by atoms with van der Waals surface area (Å²) in [6.45, 7) is 3.64. The molecule has 2 aromatic rings. The van der Waals surface area contributed by atoms with Crippen molar-refractivity contribution in [3.05, 3.63) is 24.3 Å². The van der Waals surface area contributed by atoms with Crippen molar-refractivity contribution in [2.75, 3.05) is 18.8 Å². The predicted octanol–water partition coefficient (Wildman–Crippen LogP) is 2.71. The first-order valence-electron chi connectivity index (χ1n) is 9.32. The van der Waals surface area contributed by atoms with Gasteiger partial charge in [0, 0.05) is 25.2 Å². The molecule has 3 rings (SSSR count). The summed E-state index contributed by atoms with van der Waals surface area (Å²) in [7, 11) is -3.49. The number of aliphatic carboxylic acids is 1. The Bertz CT molecular complexity index is 918. The summed E-state index contributed by atoms with van der Waals surface area (Å²) in [6, 6.07) is 6.67. The summed E-state index contributed by atoms with van der Waals surface area (Å²) in [6.07, 6.45) is 3.93. The summed E-state index contributed by atoms with van der Waals surface area (Å²) in [5, 5.41) is 17.6. The molecule has 1 fully saturated rings. The minimum absolute atomic E-state index is 0.0921. The number of carbonyl (C=O) groups is 1. The molecule has 10 heteroatoms. The van der Waals surface area contributed by atoms with Crippen LogP contribution in [0.1, 0.15) is 32.6 Å². The Morgan fingerprint density at radius 2 is 1.75 bits per heavy atom. The number of nitrogens with zero attached hydrogens (tertiary/aromatic N) is 4. The van der Waals surface area contributed by atoms with Gasteiger partial charge in [-0.1, -0.05) is 24.6 Å². The quantitative estimate of drug-likeness (QED) is 0.681. The number of benzene rings is 1. The minimum atomic E-state index is -3.49. The monoisotopic (exact) mass is 424 g/mol. The van der Waals surface area contributed by atoms with Crippen LogP contribution in [0, 0.1) is 0 Å². The van der Waals surface area contributed by atoms with E-state index in [0.29, 0.717) is 30.6 Å². The summed E-state index contributed by atoms with van der Waals surface area (Å²) in [5.74, 6) is -0.417. The van der Waals surface area contributed by atoms with E-state index in [4.69, 9.17) is 5.11 Å². The largest absolute Gasteiger partial charge is 0.481 e. The van der Waals surface area contributed by atoms with E-state index < -0.39 is 16.0 Å². The first-order valence-corrected chi connectivity index (χ1v) is 11.7. The van der Waals surface area contributed by atoms with E-state index in [0.717, 1.165) is 43.0 Å². The van der Waals surface area contributed by atoms with Crippen LogP contribution in [-0.4, -0.2) is 57.4 Å². The molecule has 0 bridgehead atoms. The van der Waals surface area contributed by atoms with Crippen molar-refractivity contribution in [3.63, 3.8) is 0 Å². The van der Waals surface area contributed by atoms with Gasteiger partial charge in [-0.25, -0.2) is 8.42 Å². The Labute approximate surface area is 169 Å². The number of hydrogen-bond donors (Lipinski definition) is 1. The summed E-state index contributed by atoms with van der Waals surface area (Å²) >= 11 is 1.11. The molecule has 0 atom stereocenters. The normalized spacial score (nSPS) is 16.0. The molecule has 152 valence electrons. The highest BCUT2D eigenvalue weighted by molar-refractivity contribution is 7.99. The van der Waals surface area contributed by atoms with Crippen LogP contribution in [-0.2, 0) is 21.4 Å². The molecule has 28 heavy (non-hydrogen) atoms. The molecule has 1 aliphatic rings. The fourth-order valence-electron chi connectivity index (χ4n) is 3.23. The smallest absolute Gasteiger partial charge is 0.313 e. The molecule has 0 radical (unpaired) electrons. The van der Waals surface area contributed by atoms with Crippen molar-refractivity contribution in [3.8, 4) is 11.4 Å². The first-order chi connectivity index (χ1) is 13.4. The Hall–Kier alpha value is -1.91. The molecule has 0 amide bonds. The minimum Gasteiger partial charge on any atom is -0.481 e. The standard InChI is InChI=1S/C18H24N4O4S2/c1-2-22-17(19-20-18(22)27-13-16(23)24)14-7-9-15(10-8-14)28(25,26)21-11-5-3-4-6-12-21/h7-10H,2-6,11-13H2,1H3,(H,23,24). The Balaban J connectivity index is 1.83. The van der Waals surface area contributed by atoms with Crippen LogP contribution in [0.25, 0.3) is 11.4 Å². The molecule has 0 saturated carbocycles. The van der Waals surface area contributed by atoms with E-state index in [1.54, 1.807) is 28.6 Å². The van der Waals surface area contributed by atoms with Crippen molar-refractivity contribution in [2.45, 2.75) is 49.2 Å². The lowest BCUT2D eigenvalue weighted by Gasteiger charge is -2.20. The average Bonchev–Trinajstić information content (AvgIpc) is 2.88. The first kappa shape index (κ1) is 20.8. The lowest BCUT2D eigenvalue weighted by molar-refractivity contribution is -0.133. The topological polar surface area (TPSA) is 105 Å². The van der Waals surface area contributed by atoms with Gasteiger partial charge in [0.05, 0.1) is 10.6 Å². The highest BCUT2D eigenvalue weighted by Crippen LogP contribution is 2.26. The second kappa shape index (κ2) is 9.06. The number of rotatable bonds is 7. The van der Waals surface area contributed by atoms with Gasteiger partial charge in [-0.3, -0.25) is 4.79 Å². The summed E-state index contributed by atoms with van der Waals surface area (Å²) in [4.78, 5) is 11.1. The third-order valence-electron chi connectivity index (χ3n) is 4.67. The van der Waals surface area contributed by atoms with Crippen molar-refractivity contribution >= 4 is 27.8 Å². The number of carboxylic acids is 1. The highest BCUT2D eigenvalue weighted by atomic mass is 32.2. The molecule has 8 nitrogen and oxygen atoms in total. The summed E-state index contributed by atoms with van der Waals surface area (Å²) < 4.78 is 29.2. The SMILES string of the molecule is CCn1c(SCC(=O)O)nnc1-c1ccc(S(=O)(=O)N2CCCCCC2)cc1. The van der Waals surface area contributed by atoms with E-state index in [-0.39, 0.29) is 10.6 Å². The highest BCUT2D eigenvalue weighted by Gasteiger charge is 2.25. The van der Waals surface area contributed by atoms with Gasteiger partial charge in [-0.15, -0.1) is 10.2 Å². The van der Waals surface area contributed by atoms with Gasteiger partial charge in [0.15, 0.2) is 11.0 Å². The molecule has 1 saturated heterocycles. The fourth-order valence-corrected chi connectivity index (χ4v) is 5.47. The van der Waals surface area contributed by atoms with Gasteiger partial charge in [0.25, 0.3) is 0 Å². The third kappa shape index (κ3) is 4.56. The van der Waals surface area contributed by atoms with Gasteiger partial charge in [0.2, 0.25) is 10.0 Å². The van der Waals surface area contributed by atoms with Gasteiger partial charge >= 0.3 is 5.97 Å². The van der Waals surface area contributed by atoms with Crippen LogP contribution in [0.2, 0.25) is 0 Å². The number of thioether (sulfide) groups is 1. The number of carboxylic acid groups (broad SMARTS) is 1. The Morgan fingerprint density at radius 3 is 2.32 bits per heavy atom. The van der Waals surface area contributed by atoms with Gasteiger partial charge < -0.3 is 9.67 Å². The molecule has 1 N–H and O–H groups in total. The predicted molar refractivity (Wildman–Crippen MR) is 107 cm³/mol. The fraction of sp³-hybridized carbons (Fsp3) is 0.500. The van der Waals surface area contributed by atoms with Gasteiger partial charge in [-0.2, -0.15) is 4.31 Å². The van der Waals surface area contributed by atoms with Crippen molar-refractivity contribution < 1.29 is 18.3 Å². The zero-order valence-corrected chi connectivity index (χ0v) is 17.4. The van der Waals surface area contributed by atoms with Crippen LogP contribution in [0.5, 0.6) is 0 Å². The zero-order valence-electron chi connectivity index (χ0n) is 15.7. The van der Waals surface area contributed by atoms with Gasteiger partial charge in [0.1, 0.15) is 0 Å². The maximum atomic E-state index is 12.9. The average molecular weight is 425 g/mol. The van der Waals surface area contributed by atoms with Crippen LogP contribution < -0.4 is 0 Å². The maximum Gasteiger partial charge on any atom is 0.313 e. The molecule has 0 unspecified atom stereocenters. The van der Waals surface area contributed by atoms with Crippen molar-refractivity contribution in [2.24, 2.45) is 0 Å². The molecule has 1 aromatic heterocycles. The number of hydrogen-bond acceptors (Lipinski definition) is 6. The molecule has 0 aliphatic carbocycles. The molecule has 1 aromatic carbocycles. The molecule has 0 spiro atoms. The van der Waals surface area contributed by atoms with Gasteiger partial charge in [-0.05, 0) is 44.0 Å². The van der Waals surface area contributed by atoms with E-state index in [2.05, 4.69) is 10.2 Å². The Kier molecular flexibility index (Phi) is 6.73. The number of aromatic nitrogens is 3. The van der Waals surface area contributed by atoms with Crippen LogP contribution in [0.4, 0.5) is 0 Å². The Morgan fingerprint density at radius 1 is 1.11 bits per heavy atom. The molecule has 1 aliphatic heterocycles. The third-order valence-corrected chi connectivity index (χ3v) is 7.54. The zero-order chi connectivity index (χ0) is 20.1. The van der Waals surface area contributed by atoms with Crippen LogP contribution in [0.15, 0.2) is 34.3 Å². The van der Waals surface area contributed by atoms with Crippen molar-refractivity contribution in [1.29, 1.82) is 0 Å². The lowest BCUT2D eigenvalue weighted by atomic mass is 10.2. The van der Waals surface area contributed by atoms with Crippen molar-refractivity contribution in [1.82, 2.24) is 19.1 Å². The molecular formula is C18H24N4O4S2. The number of sulfonamides is 1. The maximum absolute atomic E-state index is 12.9. The lowest BCUT2D eigenvalue weighted by Crippen LogP contribution is -2.31. The second-order valence-corrected chi connectivity index (χ2v) is 9.46. The van der Waals surface area contributed by atoms with E-state index in [1.165, 1.54) is 0 Å². The summed E-state index contributed by atoms with van der Waals surface area (Å²) in [5.41, 5.74) is 0.742. The van der Waals surface area contributed by atoms with Crippen LogP contribution >= 0.6 is 11.8 Å². The molecular weight excluding hydrogens is 400 g/mol. The second-order valence-electron chi connectivity index (χ2n) is 6.58. The van der Waals surface area contributed by atoms with E-state index in [1.807, 2.05) is 11.5 Å². The van der Waals surface area contributed by atoms with E-state index in [9.17, 15) is 13.2 Å². The molecule has 2 heterocycles.